The molecule has 1 aliphatic rings. The zero-order valence-electron chi connectivity index (χ0n) is 11.5. The van der Waals surface area contributed by atoms with Crippen molar-refractivity contribution in [1.82, 2.24) is 14.9 Å². The van der Waals surface area contributed by atoms with Gasteiger partial charge in [-0.25, -0.2) is 4.98 Å². The van der Waals surface area contributed by atoms with E-state index in [1.165, 1.54) is 5.69 Å². The van der Waals surface area contributed by atoms with E-state index in [2.05, 4.69) is 28.7 Å². The Kier molecular flexibility index (Phi) is 4.37. The maximum atomic E-state index is 5.59. The quantitative estimate of drug-likeness (QED) is 0.831. The predicted octanol–water partition coefficient (Wildman–Crippen LogP) is 1.36. The predicted molar refractivity (Wildman–Crippen MR) is 69.5 cm³/mol. The second kappa shape index (κ2) is 5.82. The van der Waals surface area contributed by atoms with Gasteiger partial charge in [-0.3, -0.25) is 0 Å². The minimum Gasteiger partial charge on any atom is -0.378 e. The highest BCUT2D eigenvalue weighted by molar-refractivity contribution is 5.00. The van der Waals surface area contributed by atoms with Gasteiger partial charge in [-0.05, 0) is 13.8 Å². The van der Waals surface area contributed by atoms with E-state index in [4.69, 9.17) is 9.47 Å². The van der Waals surface area contributed by atoms with Crippen LogP contribution in [0.1, 0.15) is 32.0 Å². The average molecular weight is 253 g/mol. The standard InChI is InChI=1S/C13H23N3O2/c1-11(2)16-10-15-7-12(16)6-14-8-13(17-3)4-5-18-9-13/h7,10-11,14H,4-6,8-9H2,1-3H3. The third-order valence-corrected chi connectivity index (χ3v) is 3.56. The highest BCUT2D eigenvalue weighted by Crippen LogP contribution is 2.21. The fourth-order valence-electron chi connectivity index (χ4n) is 2.31. The molecule has 0 radical (unpaired) electrons. The van der Waals surface area contributed by atoms with E-state index in [1.807, 2.05) is 12.5 Å². The van der Waals surface area contributed by atoms with Gasteiger partial charge in [0.2, 0.25) is 0 Å². The number of methoxy groups -OCH3 is 1. The largest absolute Gasteiger partial charge is 0.378 e. The molecule has 5 heteroatoms. The minimum absolute atomic E-state index is 0.150. The maximum Gasteiger partial charge on any atom is 0.106 e. The topological polar surface area (TPSA) is 48.3 Å². The van der Waals surface area contributed by atoms with E-state index in [1.54, 1.807) is 7.11 Å². The third-order valence-electron chi connectivity index (χ3n) is 3.56. The smallest absolute Gasteiger partial charge is 0.106 e. The summed E-state index contributed by atoms with van der Waals surface area (Å²) in [5.74, 6) is 0. The van der Waals surface area contributed by atoms with Crippen LogP contribution >= 0.6 is 0 Å². The van der Waals surface area contributed by atoms with Crippen molar-refractivity contribution >= 4 is 0 Å². The Labute approximate surface area is 108 Å². The van der Waals surface area contributed by atoms with Crippen LogP contribution in [0.15, 0.2) is 12.5 Å². The first-order valence-electron chi connectivity index (χ1n) is 6.51. The van der Waals surface area contributed by atoms with Crippen LogP contribution in [0.4, 0.5) is 0 Å². The second-order valence-electron chi connectivity index (χ2n) is 5.18. The van der Waals surface area contributed by atoms with Gasteiger partial charge in [0.1, 0.15) is 5.60 Å². The van der Waals surface area contributed by atoms with Crippen molar-refractivity contribution in [2.24, 2.45) is 0 Å². The Balaban J connectivity index is 1.86. The van der Waals surface area contributed by atoms with Gasteiger partial charge in [0.15, 0.2) is 0 Å². The van der Waals surface area contributed by atoms with Gasteiger partial charge >= 0.3 is 0 Å². The van der Waals surface area contributed by atoms with Crippen LogP contribution in [0, 0.1) is 0 Å². The Morgan fingerprint density at radius 3 is 3.06 bits per heavy atom. The summed E-state index contributed by atoms with van der Waals surface area (Å²) >= 11 is 0. The Morgan fingerprint density at radius 2 is 2.44 bits per heavy atom. The molecule has 2 rings (SSSR count). The van der Waals surface area contributed by atoms with E-state index >= 15 is 0 Å². The molecule has 1 aromatic rings. The lowest BCUT2D eigenvalue weighted by atomic mass is 10.0. The molecule has 5 nitrogen and oxygen atoms in total. The summed E-state index contributed by atoms with van der Waals surface area (Å²) in [4.78, 5) is 4.20. The molecular weight excluding hydrogens is 230 g/mol. The van der Waals surface area contributed by atoms with E-state index in [0.717, 1.165) is 26.1 Å². The van der Waals surface area contributed by atoms with E-state index in [9.17, 15) is 0 Å². The first-order valence-corrected chi connectivity index (χ1v) is 6.51. The Hall–Kier alpha value is -0.910. The van der Waals surface area contributed by atoms with Crippen LogP contribution in [0.5, 0.6) is 0 Å². The van der Waals surface area contributed by atoms with Crippen LogP contribution in [-0.4, -0.2) is 42.0 Å². The molecule has 1 fully saturated rings. The fourth-order valence-corrected chi connectivity index (χ4v) is 2.31. The van der Waals surface area contributed by atoms with E-state index in [-0.39, 0.29) is 5.60 Å². The summed E-state index contributed by atoms with van der Waals surface area (Å²) in [6.45, 7) is 7.41. The highest BCUT2D eigenvalue weighted by Gasteiger charge is 2.34. The van der Waals surface area contributed by atoms with Gasteiger partial charge in [-0.2, -0.15) is 0 Å². The molecule has 1 unspecified atom stereocenters. The summed E-state index contributed by atoms with van der Waals surface area (Å²) in [5, 5.41) is 3.45. The molecule has 1 aromatic heterocycles. The molecule has 0 spiro atoms. The monoisotopic (exact) mass is 253 g/mol. The summed E-state index contributed by atoms with van der Waals surface area (Å²) < 4.78 is 13.2. The van der Waals surface area contributed by atoms with Gasteiger partial charge in [-0.1, -0.05) is 0 Å². The summed E-state index contributed by atoms with van der Waals surface area (Å²) in [5.41, 5.74) is 1.05. The van der Waals surface area contributed by atoms with Crippen molar-refractivity contribution in [3.8, 4) is 0 Å². The van der Waals surface area contributed by atoms with Gasteiger partial charge in [0.25, 0.3) is 0 Å². The molecule has 0 aromatic carbocycles. The SMILES string of the molecule is COC1(CNCc2cncn2C(C)C)CCOC1. The lowest BCUT2D eigenvalue weighted by molar-refractivity contribution is -0.0160. The van der Waals surface area contributed by atoms with E-state index in [0.29, 0.717) is 12.6 Å². The molecule has 18 heavy (non-hydrogen) atoms. The maximum absolute atomic E-state index is 5.59. The van der Waals surface area contributed by atoms with Crippen molar-refractivity contribution < 1.29 is 9.47 Å². The van der Waals surface area contributed by atoms with Gasteiger partial charge in [0, 0.05) is 45.5 Å². The number of hydrogen-bond acceptors (Lipinski definition) is 4. The number of aromatic nitrogens is 2. The summed E-state index contributed by atoms with van der Waals surface area (Å²) in [7, 11) is 1.76. The van der Waals surface area contributed by atoms with Crippen molar-refractivity contribution in [2.45, 2.75) is 38.5 Å². The molecular formula is C13H23N3O2. The Bertz CT molecular complexity index is 370. The molecule has 102 valence electrons. The molecule has 0 bridgehead atoms. The molecule has 1 atom stereocenters. The molecule has 1 saturated heterocycles. The molecule has 0 saturated carbocycles. The van der Waals surface area contributed by atoms with Gasteiger partial charge < -0.3 is 19.4 Å². The number of nitrogens with zero attached hydrogens (tertiary/aromatic N) is 2. The number of imidazole rings is 1. The van der Waals surface area contributed by atoms with Gasteiger partial charge in [-0.15, -0.1) is 0 Å². The Morgan fingerprint density at radius 1 is 1.61 bits per heavy atom. The number of rotatable bonds is 6. The van der Waals surface area contributed by atoms with Crippen LogP contribution < -0.4 is 5.32 Å². The van der Waals surface area contributed by atoms with Crippen molar-refractivity contribution in [3.05, 3.63) is 18.2 Å². The zero-order chi connectivity index (χ0) is 13.0. The van der Waals surface area contributed by atoms with E-state index < -0.39 is 0 Å². The van der Waals surface area contributed by atoms with Crippen LogP contribution in [0.3, 0.4) is 0 Å². The number of hydrogen-bond donors (Lipinski definition) is 1. The summed E-state index contributed by atoms with van der Waals surface area (Å²) in [6, 6.07) is 0.440. The zero-order valence-corrected chi connectivity index (χ0v) is 11.5. The number of ether oxygens (including phenoxy) is 2. The van der Waals surface area contributed by atoms with Crippen molar-refractivity contribution in [2.75, 3.05) is 26.9 Å². The molecule has 1 aliphatic heterocycles. The number of nitrogens with one attached hydrogen (secondary N) is 1. The first kappa shape index (κ1) is 13.5. The lowest BCUT2D eigenvalue weighted by Crippen LogP contribution is -2.42. The summed E-state index contributed by atoms with van der Waals surface area (Å²) in [6.07, 6.45) is 4.75. The lowest BCUT2D eigenvalue weighted by Gasteiger charge is -2.26. The normalized spacial score (nSPS) is 24.0. The molecule has 0 aliphatic carbocycles. The van der Waals surface area contributed by atoms with Crippen LogP contribution in [0.25, 0.3) is 0 Å². The second-order valence-corrected chi connectivity index (χ2v) is 5.18. The fraction of sp³-hybridized carbons (Fsp3) is 0.769. The van der Waals surface area contributed by atoms with Crippen molar-refractivity contribution in [3.63, 3.8) is 0 Å². The van der Waals surface area contributed by atoms with Crippen LogP contribution in [0.2, 0.25) is 0 Å². The molecule has 2 heterocycles. The highest BCUT2D eigenvalue weighted by atomic mass is 16.5. The average Bonchev–Trinajstić information content (AvgIpc) is 2.98. The van der Waals surface area contributed by atoms with Crippen molar-refractivity contribution in [1.29, 1.82) is 0 Å². The third kappa shape index (κ3) is 2.91. The molecule has 0 amide bonds. The first-order chi connectivity index (χ1) is 8.67. The minimum atomic E-state index is -0.150. The van der Waals surface area contributed by atoms with Gasteiger partial charge in [0.05, 0.1) is 18.6 Å². The van der Waals surface area contributed by atoms with Crippen LogP contribution in [-0.2, 0) is 16.0 Å². The molecule has 1 N–H and O–H groups in total.